The van der Waals surface area contributed by atoms with Crippen LogP contribution < -0.4 is 21.1 Å². The monoisotopic (exact) mass is 407 g/mol. The number of benzene rings is 1. The van der Waals surface area contributed by atoms with Gasteiger partial charge in [0.2, 0.25) is 5.95 Å². The molecule has 0 saturated heterocycles. The summed E-state index contributed by atoms with van der Waals surface area (Å²) in [5, 5.41) is 6.42. The number of halogens is 3. The Morgan fingerprint density at radius 2 is 1.79 bits per heavy atom. The van der Waals surface area contributed by atoms with Crippen molar-refractivity contribution in [1.29, 1.82) is 0 Å². The van der Waals surface area contributed by atoms with E-state index < -0.39 is 6.36 Å². The second kappa shape index (κ2) is 7.74. The molecule has 1 fully saturated rings. The van der Waals surface area contributed by atoms with Crippen LogP contribution in [0.3, 0.4) is 0 Å². The van der Waals surface area contributed by atoms with Crippen LogP contribution >= 0.6 is 0 Å². The average molecular weight is 407 g/mol. The number of aromatic nitrogens is 4. The minimum absolute atomic E-state index is 0.234. The number of anilines is 3. The number of hydrogen-bond acceptors (Lipinski definition) is 7. The fourth-order valence-corrected chi connectivity index (χ4v) is 3.31. The number of aromatic amines is 1. The van der Waals surface area contributed by atoms with Crippen molar-refractivity contribution in [3.63, 3.8) is 0 Å². The van der Waals surface area contributed by atoms with E-state index >= 15 is 0 Å². The highest BCUT2D eigenvalue weighted by Gasteiger charge is 2.31. The van der Waals surface area contributed by atoms with E-state index in [4.69, 9.17) is 5.73 Å². The summed E-state index contributed by atoms with van der Waals surface area (Å²) >= 11 is 0. The molecule has 0 unspecified atom stereocenters. The van der Waals surface area contributed by atoms with Crippen molar-refractivity contribution in [1.82, 2.24) is 19.9 Å². The van der Waals surface area contributed by atoms with Crippen LogP contribution in [0.2, 0.25) is 0 Å². The molecule has 0 amide bonds. The molecule has 154 valence electrons. The highest BCUT2D eigenvalue weighted by Crippen LogP contribution is 2.28. The van der Waals surface area contributed by atoms with Crippen molar-refractivity contribution in [2.75, 3.05) is 10.6 Å². The molecule has 2 aromatic heterocycles. The fourth-order valence-electron chi connectivity index (χ4n) is 3.31. The maximum atomic E-state index is 12.3. The Labute approximate surface area is 164 Å². The molecule has 29 heavy (non-hydrogen) atoms. The van der Waals surface area contributed by atoms with Crippen molar-refractivity contribution in [2.45, 2.75) is 44.1 Å². The van der Waals surface area contributed by atoms with E-state index in [1.807, 2.05) is 0 Å². The Hall–Kier alpha value is -3.08. The maximum absolute atomic E-state index is 12.3. The molecule has 1 aliphatic rings. The van der Waals surface area contributed by atoms with Gasteiger partial charge in [-0.05, 0) is 49.9 Å². The summed E-state index contributed by atoms with van der Waals surface area (Å²) in [4.78, 5) is 16.1. The molecule has 0 aliphatic heterocycles. The Balaban J connectivity index is 1.53. The van der Waals surface area contributed by atoms with Crippen LogP contribution in [0.1, 0.15) is 25.7 Å². The van der Waals surface area contributed by atoms with Gasteiger partial charge in [-0.2, -0.15) is 9.97 Å². The molecule has 1 aliphatic carbocycles. The third kappa shape index (κ3) is 4.86. The summed E-state index contributed by atoms with van der Waals surface area (Å²) in [5.74, 6) is 0.604. The van der Waals surface area contributed by atoms with Gasteiger partial charge in [-0.15, -0.1) is 13.2 Å². The maximum Gasteiger partial charge on any atom is 0.573 e. The normalized spacial score (nSPS) is 19.9. The highest BCUT2D eigenvalue weighted by molar-refractivity contribution is 5.86. The standard InChI is InChI=1S/C18H20F3N7O/c19-18(20,21)29-13-7-5-11(6-8-13)25-16-14-15(24-9-23-14)27-17(28-16)26-12-3-1-10(22)2-4-12/h5-10,12H,1-4,22H2,(H3,23,24,25,26,27,28). The zero-order chi connectivity index (χ0) is 20.4. The first-order valence-corrected chi connectivity index (χ1v) is 9.22. The van der Waals surface area contributed by atoms with Crippen LogP contribution in [0.15, 0.2) is 30.6 Å². The average Bonchev–Trinajstić information content (AvgIpc) is 3.13. The second-order valence-electron chi connectivity index (χ2n) is 6.95. The van der Waals surface area contributed by atoms with Gasteiger partial charge in [0.1, 0.15) is 11.3 Å². The lowest BCUT2D eigenvalue weighted by Gasteiger charge is -2.26. The molecule has 0 radical (unpaired) electrons. The van der Waals surface area contributed by atoms with Gasteiger partial charge < -0.3 is 26.1 Å². The van der Waals surface area contributed by atoms with Gasteiger partial charge in [0.05, 0.1) is 6.33 Å². The van der Waals surface area contributed by atoms with E-state index in [0.29, 0.717) is 28.6 Å². The molecule has 4 rings (SSSR count). The van der Waals surface area contributed by atoms with Crippen molar-refractivity contribution in [3.05, 3.63) is 30.6 Å². The summed E-state index contributed by atoms with van der Waals surface area (Å²) in [6.45, 7) is 0. The first kappa shape index (κ1) is 19.2. The van der Waals surface area contributed by atoms with E-state index in [1.165, 1.54) is 30.6 Å². The van der Waals surface area contributed by atoms with Gasteiger partial charge in [-0.1, -0.05) is 0 Å². The van der Waals surface area contributed by atoms with E-state index in [0.717, 1.165) is 25.7 Å². The number of hydrogen-bond donors (Lipinski definition) is 4. The van der Waals surface area contributed by atoms with E-state index in [2.05, 4.69) is 35.3 Å². The van der Waals surface area contributed by atoms with Gasteiger partial charge in [0.15, 0.2) is 11.5 Å². The van der Waals surface area contributed by atoms with Gasteiger partial charge in [-0.3, -0.25) is 0 Å². The van der Waals surface area contributed by atoms with Crippen LogP contribution in [0.25, 0.3) is 11.2 Å². The lowest BCUT2D eigenvalue weighted by Crippen LogP contribution is -2.33. The number of H-pyrrole nitrogens is 1. The molecule has 1 aromatic carbocycles. The molecular formula is C18H20F3N7O. The topological polar surface area (TPSA) is 114 Å². The number of fused-ring (bicyclic) bond motifs is 1. The van der Waals surface area contributed by atoms with Crippen molar-refractivity contribution >= 4 is 28.6 Å². The lowest BCUT2D eigenvalue weighted by molar-refractivity contribution is -0.274. The highest BCUT2D eigenvalue weighted by atomic mass is 19.4. The van der Waals surface area contributed by atoms with Gasteiger partial charge in [0, 0.05) is 17.8 Å². The molecule has 5 N–H and O–H groups in total. The Morgan fingerprint density at radius 1 is 1.07 bits per heavy atom. The smallest absolute Gasteiger partial charge is 0.406 e. The van der Waals surface area contributed by atoms with Gasteiger partial charge in [-0.25, -0.2) is 4.98 Å². The van der Waals surface area contributed by atoms with Gasteiger partial charge >= 0.3 is 6.36 Å². The summed E-state index contributed by atoms with van der Waals surface area (Å²) < 4.78 is 40.8. The Morgan fingerprint density at radius 3 is 2.48 bits per heavy atom. The molecule has 11 heteroatoms. The fraction of sp³-hybridized carbons (Fsp3) is 0.389. The third-order valence-corrected chi connectivity index (χ3v) is 4.74. The summed E-state index contributed by atoms with van der Waals surface area (Å²) in [5.41, 5.74) is 7.57. The van der Waals surface area contributed by atoms with E-state index in [-0.39, 0.29) is 17.8 Å². The van der Waals surface area contributed by atoms with Crippen molar-refractivity contribution in [2.24, 2.45) is 5.73 Å². The minimum Gasteiger partial charge on any atom is -0.406 e. The number of rotatable bonds is 5. The van der Waals surface area contributed by atoms with Crippen molar-refractivity contribution < 1.29 is 17.9 Å². The number of nitrogens with two attached hydrogens (primary N) is 1. The predicted octanol–water partition coefficient (Wildman–Crippen LogP) is 3.68. The predicted molar refractivity (Wildman–Crippen MR) is 102 cm³/mol. The zero-order valence-corrected chi connectivity index (χ0v) is 15.3. The molecule has 8 nitrogen and oxygen atoms in total. The van der Waals surface area contributed by atoms with Crippen LogP contribution in [0, 0.1) is 0 Å². The molecule has 0 spiro atoms. The zero-order valence-electron chi connectivity index (χ0n) is 15.3. The van der Waals surface area contributed by atoms with Crippen LogP contribution in [0.5, 0.6) is 5.75 Å². The van der Waals surface area contributed by atoms with Crippen LogP contribution in [-0.4, -0.2) is 38.4 Å². The van der Waals surface area contributed by atoms with Crippen molar-refractivity contribution in [3.8, 4) is 5.75 Å². The molecule has 2 heterocycles. The second-order valence-corrected chi connectivity index (χ2v) is 6.95. The van der Waals surface area contributed by atoms with E-state index in [1.54, 1.807) is 0 Å². The van der Waals surface area contributed by atoms with Crippen LogP contribution in [-0.2, 0) is 0 Å². The number of ether oxygens (including phenoxy) is 1. The quantitative estimate of drug-likeness (QED) is 0.510. The van der Waals surface area contributed by atoms with Crippen LogP contribution in [0.4, 0.5) is 30.6 Å². The minimum atomic E-state index is -4.73. The molecule has 0 atom stereocenters. The summed E-state index contributed by atoms with van der Waals surface area (Å²) in [6.07, 6.45) is 0.542. The number of imidazole rings is 1. The Bertz CT molecular complexity index is 966. The number of nitrogens with one attached hydrogen (secondary N) is 3. The number of nitrogens with zero attached hydrogens (tertiary/aromatic N) is 3. The molecule has 0 bridgehead atoms. The first-order chi connectivity index (χ1) is 13.9. The van der Waals surface area contributed by atoms with Gasteiger partial charge in [0.25, 0.3) is 0 Å². The molecule has 3 aromatic rings. The Kier molecular flexibility index (Phi) is 5.14. The van der Waals surface area contributed by atoms with E-state index in [9.17, 15) is 13.2 Å². The third-order valence-electron chi connectivity index (χ3n) is 4.74. The lowest BCUT2D eigenvalue weighted by atomic mass is 9.92. The molecule has 1 saturated carbocycles. The summed E-state index contributed by atoms with van der Waals surface area (Å²) in [7, 11) is 0. The first-order valence-electron chi connectivity index (χ1n) is 9.22. The molecular weight excluding hydrogens is 387 g/mol. The SMILES string of the molecule is NC1CCC(Nc2nc(Nc3ccc(OC(F)(F)F)cc3)c3[nH]cnc3n2)CC1. The number of alkyl halides is 3. The largest absolute Gasteiger partial charge is 0.573 e. The summed E-state index contributed by atoms with van der Waals surface area (Å²) in [6, 6.07) is 5.88.